The third-order valence-corrected chi connectivity index (χ3v) is 7.22. The van der Waals surface area contributed by atoms with Crippen molar-refractivity contribution in [2.75, 3.05) is 14.1 Å². The van der Waals surface area contributed by atoms with E-state index in [0.29, 0.717) is 10.9 Å². The molecule has 0 bridgehead atoms. The molecule has 0 spiro atoms. The zero-order valence-corrected chi connectivity index (χ0v) is 24.2. The number of likely N-dealkylation sites (N-methyl/N-ethyl adjacent to an activating group) is 1. The van der Waals surface area contributed by atoms with Crippen LogP contribution >= 0.6 is 0 Å². The average molecular weight is 511 g/mol. The predicted molar refractivity (Wildman–Crippen MR) is 155 cm³/mol. The number of rotatable bonds is 19. The third kappa shape index (κ3) is 11.3. The van der Waals surface area contributed by atoms with E-state index in [1.807, 2.05) is 25.1 Å². The van der Waals surface area contributed by atoms with Gasteiger partial charge in [0.25, 0.3) is 0 Å². The number of unbranched alkanes of at least 4 members (excludes halogenated alkanes) is 7. The largest absolute Gasteiger partial charge is 0.455 e. The lowest BCUT2D eigenvalue weighted by Crippen LogP contribution is -2.53. The Morgan fingerprint density at radius 3 is 2.05 bits per heavy atom. The first-order valence-corrected chi connectivity index (χ1v) is 14.7. The van der Waals surface area contributed by atoms with Gasteiger partial charge >= 0.3 is 5.97 Å². The van der Waals surface area contributed by atoms with Crippen molar-refractivity contribution in [2.45, 2.75) is 117 Å². The summed E-state index contributed by atoms with van der Waals surface area (Å²) < 4.78 is 12.9. The van der Waals surface area contributed by atoms with Crippen LogP contribution in [-0.4, -0.2) is 36.9 Å². The van der Waals surface area contributed by atoms with E-state index in [-0.39, 0.29) is 12.0 Å². The zero-order chi connectivity index (χ0) is 26.9. The second-order valence-corrected chi connectivity index (χ2v) is 11.0. The zero-order valence-electron chi connectivity index (χ0n) is 24.2. The number of carbonyl (C=O) groups is 1. The van der Waals surface area contributed by atoms with Gasteiger partial charge in [-0.3, -0.25) is 0 Å². The standard InChI is InChI=1S/C33H52NO3/c1-6-9-10-11-12-13-14-18-24-29-25-19-20-26-31(29)36-32(8-3)37-33(35)30(21-7-2)34(4,5)27-28-22-16-15-17-23-28/h15-17,19-20,22-23,25-26,30,32H,6-14,18,21,24,27H2,1-5H3/q+1. The Balaban J connectivity index is 1.95. The number of carbonyl (C=O) groups excluding carboxylic acids is 1. The van der Waals surface area contributed by atoms with E-state index in [9.17, 15) is 4.79 Å². The minimum Gasteiger partial charge on any atom is -0.455 e. The molecule has 0 N–H and O–H groups in total. The maximum Gasteiger partial charge on any atom is 0.368 e. The van der Waals surface area contributed by atoms with Gasteiger partial charge < -0.3 is 14.0 Å². The first-order valence-electron chi connectivity index (χ1n) is 14.7. The molecule has 0 radical (unpaired) electrons. The molecule has 4 heteroatoms. The summed E-state index contributed by atoms with van der Waals surface area (Å²) in [5.41, 5.74) is 2.42. The molecule has 0 aliphatic carbocycles. The van der Waals surface area contributed by atoms with Gasteiger partial charge in [0.15, 0.2) is 6.04 Å². The molecule has 0 fully saturated rings. The molecule has 0 aliphatic rings. The van der Waals surface area contributed by atoms with Gasteiger partial charge in [0.1, 0.15) is 12.3 Å². The number of quaternary nitrogens is 1. The van der Waals surface area contributed by atoms with Crippen molar-refractivity contribution in [1.29, 1.82) is 0 Å². The van der Waals surface area contributed by atoms with Gasteiger partial charge in [0.2, 0.25) is 6.29 Å². The predicted octanol–water partition coefficient (Wildman–Crippen LogP) is 8.47. The molecule has 2 aromatic rings. The summed E-state index contributed by atoms with van der Waals surface area (Å²) in [7, 11) is 4.24. The van der Waals surface area contributed by atoms with E-state index in [4.69, 9.17) is 9.47 Å². The van der Waals surface area contributed by atoms with Gasteiger partial charge in [0.05, 0.1) is 14.1 Å². The highest BCUT2D eigenvalue weighted by atomic mass is 16.7. The van der Waals surface area contributed by atoms with E-state index in [1.165, 1.54) is 56.1 Å². The minimum atomic E-state index is -0.580. The van der Waals surface area contributed by atoms with Crippen LogP contribution in [0.15, 0.2) is 54.6 Å². The number of hydrogen-bond donors (Lipinski definition) is 0. The molecule has 4 nitrogen and oxygen atoms in total. The lowest BCUT2D eigenvalue weighted by atomic mass is 10.0. The van der Waals surface area contributed by atoms with E-state index < -0.39 is 6.29 Å². The number of ether oxygens (including phenoxy) is 2. The molecule has 0 saturated carbocycles. The summed E-state index contributed by atoms with van der Waals surface area (Å²) in [6, 6.07) is 18.4. The first kappa shape index (κ1) is 30.9. The first-order chi connectivity index (χ1) is 17.9. The van der Waals surface area contributed by atoms with Crippen molar-refractivity contribution in [3.63, 3.8) is 0 Å². The summed E-state index contributed by atoms with van der Waals surface area (Å²) in [4.78, 5) is 13.4. The highest BCUT2D eigenvalue weighted by Gasteiger charge is 2.37. The molecule has 0 heterocycles. The van der Waals surface area contributed by atoms with Crippen LogP contribution in [0.3, 0.4) is 0 Å². The molecular weight excluding hydrogens is 458 g/mol. The number of esters is 1. The van der Waals surface area contributed by atoms with E-state index in [1.54, 1.807) is 0 Å². The molecule has 2 atom stereocenters. The maximum atomic E-state index is 13.4. The topological polar surface area (TPSA) is 35.5 Å². The summed E-state index contributed by atoms with van der Waals surface area (Å²) >= 11 is 0. The minimum absolute atomic E-state index is 0.171. The fourth-order valence-electron chi connectivity index (χ4n) is 5.01. The Hall–Kier alpha value is -2.33. The van der Waals surface area contributed by atoms with Gasteiger partial charge in [-0.1, -0.05) is 114 Å². The van der Waals surface area contributed by atoms with Gasteiger partial charge in [-0.25, -0.2) is 4.79 Å². The van der Waals surface area contributed by atoms with Crippen LogP contribution in [0.4, 0.5) is 0 Å². The van der Waals surface area contributed by atoms with Crippen molar-refractivity contribution >= 4 is 5.97 Å². The lowest BCUT2D eigenvalue weighted by Gasteiger charge is -2.37. The fourth-order valence-corrected chi connectivity index (χ4v) is 5.01. The van der Waals surface area contributed by atoms with Crippen molar-refractivity contribution in [3.8, 4) is 5.75 Å². The molecular formula is C33H52NO3+. The van der Waals surface area contributed by atoms with Gasteiger partial charge in [-0.2, -0.15) is 0 Å². The average Bonchev–Trinajstić information content (AvgIpc) is 2.89. The Kier molecular flexibility index (Phi) is 14.4. The van der Waals surface area contributed by atoms with Crippen LogP contribution in [0.1, 0.15) is 103 Å². The number of aryl methyl sites for hydroxylation is 1. The van der Waals surface area contributed by atoms with Gasteiger partial charge in [-0.05, 0) is 30.9 Å². The van der Waals surface area contributed by atoms with Crippen molar-refractivity contribution < 1.29 is 18.8 Å². The fraction of sp³-hybridized carbons (Fsp3) is 0.606. The molecule has 2 aromatic carbocycles. The summed E-state index contributed by atoms with van der Waals surface area (Å²) in [5, 5.41) is 0. The van der Waals surface area contributed by atoms with Crippen LogP contribution in [0.2, 0.25) is 0 Å². The van der Waals surface area contributed by atoms with E-state index in [2.05, 4.69) is 64.3 Å². The van der Waals surface area contributed by atoms with E-state index >= 15 is 0 Å². The molecule has 0 aromatic heterocycles. The van der Waals surface area contributed by atoms with Crippen LogP contribution in [-0.2, 0) is 22.5 Å². The Bertz CT molecular complexity index is 880. The van der Waals surface area contributed by atoms with Gasteiger partial charge in [0, 0.05) is 18.4 Å². The Morgan fingerprint density at radius 2 is 1.41 bits per heavy atom. The molecule has 37 heavy (non-hydrogen) atoms. The second kappa shape index (κ2) is 17.2. The SMILES string of the molecule is CCCCCCCCCCc1ccccc1OC(CC)OC(=O)C(CCC)[N+](C)(C)Cc1ccccc1. The highest BCUT2D eigenvalue weighted by Crippen LogP contribution is 2.25. The molecule has 206 valence electrons. The van der Waals surface area contributed by atoms with E-state index in [0.717, 1.165) is 38.0 Å². The molecule has 0 amide bonds. The van der Waals surface area contributed by atoms with Crippen LogP contribution < -0.4 is 4.74 Å². The van der Waals surface area contributed by atoms with Crippen LogP contribution in [0.25, 0.3) is 0 Å². The third-order valence-electron chi connectivity index (χ3n) is 7.22. The quantitative estimate of drug-likeness (QED) is 0.0823. The lowest BCUT2D eigenvalue weighted by molar-refractivity contribution is -0.920. The number of nitrogens with zero attached hydrogens (tertiary/aromatic N) is 1. The van der Waals surface area contributed by atoms with Crippen LogP contribution in [0.5, 0.6) is 5.75 Å². The molecule has 0 saturated heterocycles. The van der Waals surface area contributed by atoms with Crippen molar-refractivity contribution in [3.05, 3.63) is 65.7 Å². The maximum absolute atomic E-state index is 13.4. The Labute approximate surface area is 227 Å². The summed E-state index contributed by atoms with van der Waals surface area (Å²) in [5.74, 6) is 0.672. The second-order valence-electron chi connectivity index (χ2n) is 11.0. The number of para-hydroxylation sites is 1. The normalized spacial score (nSPS) is 13.2. The molecule has 2 rings (SSSR count). The summed E-state index contributed by atoms with van der Waals surface area (Å²) in [6.07, 6.45) is 13.2. The number of hydrogen-bond acceptors (Lipinski definition) is 3. The van der Waals surface area contributed by atoms with Crippen LogP contribution in [0, 0.1) is 0 Å². The summed E-state index contributed by atoms with van der Waals surface area (Å²) in [6.45, 7) is 7.18. The molecule has 2 unspecified atom stereocenters. The Morgan fingerprint density at radius 1 is 0.784 bits per heavy atom. The smallest absolute Gasteiger partial charge is 0.368 e. The van der Waals surface area contributed by atoms with Crippen molar-refractivity contribution in [2.24, 2.45) is 0 Å². The molecule has 0 aliphatic heterocycles. The monoisotopic (exact) mass is 510 g/mol. The number of benzene rings is 2. The van der Waals surface area contributed by atoms with Crippen molar-refractivity contribution in [1.82, 2.24) is 0 Å². The van der Waals surface area contributed by atoms with Gasteiger partial charge in [-0.15, -0.1) is 0 Å². The highest BCUT2D eigenvalue weighted by molar-refractivity contribution is 5.74.